The van der Waals surface area contributed by atoms with Crippen LogP contribution in [0.3, 0.4) is 0 Å². The van der Waals surface area contributed by atoms with Crippen molar-refractivity contribution < 1.29 is 9.18 Å². The van der Waals surface area contributed by atoms with Crippen molar-refractivity contribution in [3.8, 4) is 0 Å². The monoisotopic (exact) mass is 534 g/mol. The van der Waals surface area contributed by atoms with Crippen LogP contribution < -0.4 is 10.6 Å². The Kier molecular flexibility index (Phi) is 10.5. The lowest BCUT2D eigenvalue weighted by molar-refractivity contribution is -0.135. The molecule has 1 heterocycles. The number of amides is 1. The minimum absolute atomic E-state index is 0. The van der Waals surface area contributed by atoms with Gasteiger partial charge in [0.05, 0.1) is 0 Å². The molecule has 0 radical (unpaired) electrons. The summed E-state index contributed by atoms with van der Waals surface area (Å²) in [6, 6.07) is 6.81. The van der Waals surface area contributed by atoms with E-state index < -0.39 is 0 Å². The zero-order chi connectivity index (χ0) is 19.8. The van der Waals surface area contributed by atoms with Crippen LogP contribution in [0.4, 0.5) is 4.39 Å². The lowest BCUT2D eigenvalue weighted by Gasteiger charge is -2.26. The van der Waals surface area contributed by atoms with E-state index in [-0.39, 0.29) is 41.8 Å². The second-order valence-electron chi connectivity index (χ2n) is 7.55. The Bertz CT molecular complexity index is 667. The number of rotatable bonds is 6. The number of aliphatic imine (C=N–C) groups is 1. The van der Waals surface area contributed by atoms with E-state index in [0.717, 1.165) is 55.5 Å². The summed E-state index contributed by atoms with van der Waals surface area (Å²) in [7, 11) is 1.77. The Hall–Kier alpha value is -1.03. The standard InChI is InChI=1S/C21H31FN4OS.HI/c1-23-21(24-12-14-28-19-9-7-17(22)8-10-19)25-18-11-13-26(15-18)20(27)16-5-3-2-4-6-16;/h7-10,16,18H,2-6,11-15H2,1H3,(H2,23,24,25);1H. The molecule has 0 aromatic heterocycles. The molecule has 162 valence electrons. The molecule has 3 rings (SSSR count). The number of guanidine groups is 1. The van der Waals surface area contributed by atoms with Gasteiger partial charge >= 0.3 is 0 Å². The molecule has 1 aromatic carbocycles. The molecule has 1 atom stereocenters. The van der Waals surface area contributed by atoms with Crippen LogP contribution in [-0.2, 0) is 4.79 Å². The van der Waals surface area contributed by atoms with Crippen molar-refractivity contribution in [2.75, 3.05) is 32.4 Å². The van der Waals surface area contributed by atoms with E-state index in [9.17, 15) is 9.18 Å². The number of benzene rings is 1. The van der Waals surface area contributed by atoms with Crippen molar-refractivity contribution in [1.82, 2.24) is 15.5 Å². The van der Waals surface area contributed by atoms with Gasteiger partial charge in [0.25, 0.3) is 0 Å². The molecule has 0 bridgehead atoms. The van der Waals surface area contributed by atoms with Crippen LogP contribution in [0.5, 0.6) is 0 Å². The molecule has 1 aliphatic heterocycles. The van der Waals surface area contributed by atoms with Gasteiger partial charge in [0.15, 0.2) is 5.96 Å². The van der Waals surface area contributed by atoms with Gasteiger partial charge in [-0.3, -0.25) is 9.79 Å². The second-order valence-corrected chi connectivity index (χ2v) is 8.72. The van der Waals surface area contributed by atoms with E-state index in [4.69, 9.17) is 0 Å². The molecule has 2 fully saturated rings. The van der Waals surface area contributed by atoms with Crippen molar-refractivity contribution in [3.05, 3.63) is 30.1 Å². The maximum absolute atomic E-state index is 12.9. The molecule has 0 spiro atoms. The van der Waals surface area contributed by atoms with Gasteiger partial charge in [0.1, 0.15) is 5.82 Å². The van der Waals surface area contributed by atoms with Gasteiger partial charge in [-0.2, -0.15) is 0 Å². The lowest BCUT2D eigenvalue weighted by atomic mass is 9.88. The van der Waals surface area contributed by atoms with Crippen molar-refractivity contribution in [3.63, 3.8) is 0 Å². The molecule has 1 aliphatic carbocycles. The van der Waals surface area contributed by atoms with Crippen molar-refractivity contribution in [2.45, 2.75) is 49.5 Å². The number of carbonyl (C=O) groups is 1. The number of likely N-dealkylation sites (tertiary alicyclic amines) is 1. The van der Waals surface area contributed by atoms with E-state index >= 15 is 0 Å². The summed E-state index contributed by atoms with van der Waals surface area (Å²) in [4.78, 5) is 20.1. The molecule has 2 aliphatic rings. The smallest absolute Gasteiger partial charge is 0.225 e. The molecule has 1 unspecified atom stereocenters. The van der Waals surface area contributed by atoms with Gasteiger partial charge < -0.3 is 15.5 Å². The van der Waals surface area contributed by atoms with Crippen LogP contribution in [0.25, 0.3) is 0 Å². The predicted octanol–water partition coefficient (Wildman–Crippen LogP) is 3.88. The van der Waals surface area contributed by atoms with Crippen LogP contribution in [-0.4, -0.2) is 55.2 Å². The number of nitrogens with zero attached hydrogens (tertiary/aromatic N) is 2. The van der Waals surface area contributed by atoms with E-state index in [0.29, 0.717) is 5.91 Å². The number of carbonyl (C=O) groups excluding carboxylic acids is 1. The number of thioether (sulfide) groups is 1. The Morgan fingerprint density at radius 1 is 1.21 bits per heavy atom. The van der Waals surface area contributed by atoms with Gasteiger partial charge in [-0.05, 0) is 43.5 Å². The minimum atomic E-state index is -0.209. The van der Waals surface area contributed by atoms with Crippen molar-refractivity contribution in [2.24, 2.45) is 10.9 Å². The molecular formula is C21H32FIN4OS. The third-order valence-electron chi connectivity index (χ3n) is 5.50. The van der Waals surface area contributed by atoms with Crippen LogP contribution in [0, 0.1) is 11.7 Å². The first-order valence-electron chi connectivity index (χ1n) is 10.3. The van der Waals surface area contributed by atoms with E-state index in [1.165, 1.54) is 31.4 Å². The Morgan fingerprint density at radius 3 is 2.62 bits per heavy atom. The summed E-state index contributed by atoms with van der Waals surface area (Å²) in [6.07, 6.45) is 6.74. The summed E-state index contributed by atoms with van der Waals surface area (Å²) >= 11 is 1.68. The van der Waals surface area contributed by atoms with E-state index in [2.05, 4.69) is 15.6 Å². The SMILES string of the molecule is CN=C(NCCSc1ccc(F)cc1)NC1CCN(C(=O)C2CCCCC2)C1.I. The highest BCUT2D eigenvalue weighted by atomic mass is 127. The first-order chi connectivity index (χ1) is 13.7. The molecule has 5 nitrogen and oxygen atoms in total. The van der Waals surface area contributed by atoms with Crippen LogP contribution >= 0.6 is 35.7 Å². The van der Waals surface area contributed by atoms with E-state index in [1.54, 1.807) is 30.9 Å². The first-order valence-corrected chi connectivity index (χ1v) is 11.3. The largest absolute Gasteiger partial charge is 0.356 e. The molecule has 1 amide bonds. The molecule has 29 heavy (non-hydrogen) atoms. The maximum atomic E-state index is 12.9. The molecule has 8 heteroatoms. The zero-order valence-corrected chi connectivity index (χ0v) is 20.2. The highest BCUT2D eigenvalue weighted by Gasteiger charge is 2.31. The van der Waals surface area contributed by atoms with Crippen molar-refractivity contribution >= 4 is 47.6 Å². The summed E-state index contributed by atoms with van der Waals surface area (Å²) in [5.41, 5.74) is 0. The lowest BCUT2D eigenvalue weighted by Crippen LogP contribution is -2.46. The third kappa shape index (κ3) is 7.62. The van der Waals surface area contributed by atoms with E-state index in [1.807, 2.05) is 4.90 Å². The minimum Gasteiger partial charge on any atom is -0.356 e. The second kappa shape index (κ2) is 12.6. The highest BCUT2D eigenvalue weighted by Crippen LogP contribution is 2.26. The highest BCUT2D eigenvalue weighted by molar-refractivity contribution is 14.0. The summed E-state index contributed by atoms with van der Waals surface area (Å²) in [5.74, 6) is 2.02. The average Bonchev–Trinajstić information content (AvgIpc) is 3.20. The Labute approximate surface area is 194 Å². The van der Waals surface area contributed by atoms with Crippen molar-refractivity contribution in [1.29, 1.82) is 0 Å². The van der Waals surface area contributed by atoms with Gasteiger partial charge in [-0.15, -0.1) is 35.7 Å². The molecule has 1 aromatic rings. The predicted molar refractivity (Wildman–Crippen MR) is 129 cm³/mol. The Morgan fingerprint density at radius 2 is 1.93 bits per heavy atom. The number of nitrogens with one attached hydrogen (secondary N) is 2. The van der Waals surface area contributed by atoms with Gasteiger partial charge in [-0.1, -0.05) is 19.3 Å². The van der Waals surface area contributed by atoms with Gasteiger partial charge in [0, 0.05) is 49.3 Å². The average molecular weight is 534 g/mol. The molecular weight excluding hydrogens is 502 g/mol. The topological polar surface area (TPSA) is 56.7 Å². The molecule has 2 N–H and O–H groups in total. The zero-order valence-electron chi connectivity index (χ0n) is 17.0. The first kappa shape index (κ1) is 24.2. The fourth-order valence-corrected chi connectivity index (χ4v) is 4.71. The summed E-state index contributed by atoms with van der Waals surface area (Å²) in [5, 5.41) is 6.77. The third-order valence-corrected chi connectivity index (χ3v) is 6.51. The van der Waals surface area contributed by atoms with Crippen LogP contribution in [0.2, 0.25) is 0 Å². The fraction of sp³-hybridized carbons (Fsp3) is 0.619. The number of halogens is 2. The summed E-state index contributed by atoms with van der Waals surface area (Å²) < 4.78 is 12.9. The summed E-state index contributed by atoms with van der Waals surface area (Å²) in [6.45, 7) is 2.37. The molecule has 1 saturated carbocycles. The normalized spacial score (nSPS) is 20.3. The number of hydrogen-bond acceptors (Lipinski definition) is 3. The van der Waals surface area contributed by atoms with Gasteiger partial charge in [-0.25, -0.2) is 4.39 Å². The fourth-order valence-electron chi connectivity index (χ4n) is 3.94. The number of hydrogen-bond donors (Lipinski definition) is 2. The van der Waals surface area contributed by atoms with Gasteiger partial charge in [0.2, 0.25) is 5.91 Å². The van der Waals surface area contributed by atoms with Crippen LogP contribution in [0.1, 0.15) is 38.5 Å². The maximum Gasteiger partial charge on any atom is 0.225 e. The van der Waals surface area contributed by atoms with Crippen LogP contribution in [0.15, 0.2) is 34.2 Å². The molecule has 1 saturated heterocycles. The Balaban J connectivity index is 0.00000300. The quantitative estimate of drug-likeness (QED) is 0.191.